The molecule has 0 bridgehead atoms. The first-order chi connectivity index (χ1) is 19.6. The van der Waals surface area contributed by atoms with Crippen molar-refractivity contribution >= 4 is 35.0 Å². The second-order valence-corrected chi connectivity index (χ2v) is 12.7. The number of aryl methyl sites for hydroxylation is 2. The minimum Gasteiger partial charge on any atom is -0.343 e. The predicted molar refractivity (Wildman–Crippen MR) is 163 cm³/mol. The number of halogens is 1. The molecule has 2 unspecified atom stereocenters. The van der Waals surface area contributed by atoms with Crippen LogP contribution in [0.5, 0.6) is 0 Å². The van der Waals surface area contributed by atoms with E-state index in [2.05, 4.69) is 17.9 Å². The first-order valence-corrected chi connectivity index (χ1v) is 15.4. The molecule has 41 heavy (non-hydrogen) atoms. The quantitative estimate of drug-likeness (QED) is 0.466. The van der Waals surface area contributed by atoms with E-state index in [1.165, 1.54) is 0 Å². The number of hydrogen-bond acceptors (Lipinski definition) is 4. The zero-order valence-corrected chi connectivity index (χ0v) is 25.6. The van der Waals surface area contributed by atoms with E-state index in [1.54, 1.807) is 6.92 Å². The Bertz CT molecular complexity index is 1290. The third-order valence-electron chi connectivity index (χ3n) is 9.56. The van der Waals surface area contributed by atoms with Crippen LogP contribution in [0, 0.1) is 38.5 Å². The van der Waals surface area contributed by atoms with Gasteiger partial charge in [0, 0.05) is 74.9 Å². The van der Waals surface area contributed by atoms with E-state index in [0.29, 0.717) is 49.3 Å². The van der Waals surface area contributed by atoms with E-state index in [4.69, 9.17) is 11.6 Å². The van der Waals surface area contributed by atoms with Gasteiger partial charge in [-0.3, -0.25) is 14.4 Å². The lowest BCUT2D eigenvalue weighted by atomic mass is 9.94. The van der Waals surface area contributed by atoms with Gasteiger partial charge in [0.15, 0.2) is 0 Å². The first-order valence-electron chi connectivity index (χ1n) is 15.0. The van der Waals surface area contributed by atoms with Crippen molar-refractivity contribution in [3.63, 3.8) is 0 Å². The van der Waals surface area contributed by atoms with Gasteiger partial charge in [-0.2, -0.15) is 0 Å². The van der Waals surface area contributed by atoms with Crippen molar-refractivity contribution in [1.29, 1.82) is 0 Å². The Labute approximate surface area is 249 Å². The number of nitrogens with zero attached hydrogens (tertiary/aromatic N) is 4. The van der Waals surface area contributed by atoms with E-state index in [0.717, 1.165) is 67.1 Å². The molecule has 0 aliphatic carbocycles. The van der Waals surface area contributed by atoms with Gasteiger partial charge in [0.1, 0.15) is 0 Å². The number of piperidine rings is 1. The number of amides is 3. The minimum atomic E-state index is -0.0858. The summed E-state index contributed by atoms with van der Waals surface area (Å²) in [5.41, 5.74) is 4.90. The molecule has 2 aromatic carbocycles. The first kappa shape index (κ1) is 29.6. The fourth-order valence-corrected chi connectivity index (χ4v) is 7.00. The van der Waals surface area contributed by atoms with Gasteiger partial charge in [-0.25, -0.2) is 0 Å². The average molecular weight is 579 g/mol. The van der Waals surface area contributed by atoms with Crippen molar-refractivity contribution in [3.05, 3.63) is 63.7 Å². The highest BCUT2D eigenvalue weighted by molar-refractivity contribution is 6.31. The smallest absolute Gasteiger partial charge is 0.254 e. The molecule has 0 aromatic heterocycles. The fraction of sp³-hybridized carbons (Fsp3) is 0.545. The molecule has 8 heteroatoms. The SMILES string of the molecule is CC(=O)N1CCC(C(=O)N(CCCN2CC3CN(C(=O)c4cccc(C)c4C)CC3C2)c2ccc(C)c(Cl)c2)CC1. The summed E-state index contributed by atoms with van der Waals surface area (Å²) < 4.78 is 0. The maximum atomic E-state index is 13.7. The topological polar surface area (TPSA) is 64.2 Å². The lowest BCUT2D eigenvalue weighted by molar-refractivity contribution is -0.133. The summed E-state index contributed by atoms with van der Waals surface area (Å²) >= 11 is 6.47. The van der Waals surface area contributed by atoms with Crippen LogP contribution in [0.4, 0.5) is 5.69 Å². The van der Waals surface area contributed by atoms with Crippen molar-refractivity contribution < 1.29 is 14.4 Å². The van der Waals surface area contributed by atoms with Crippen molar-refractivity contribution in [2.45, 2.75) is 47.0 Å². The van der Waals surface area contributed by atoms with E-state index < -0.39 is 0 Å². The van der Waals surface area contributed by atoms with Crippen LogP contribution in [0.3, 0.4) is 0 Å². The van der Waals surface area contributed by atoms with Crippen LogP contribution < -0.4 is 4.90 Å². The molecule has 5 rings (SSSR count). The highest BCUT2D eigenvalue weighted by Crippen LogP contribution is 2.33. The largest absolute Gasteiger partial charge is 0.343 e. The third kappa shape index (κ3) is 6.46. The number of benzene rings is 2. The zero-order valence-electron chi connectivity index (χ0n) is 24.9. The Hall–Kier alpha value is -2.90. The van der Waals surface area contributed by atoms with E-state index >= 15 is 0 Å². The molecule has 0 saturated carbocycles. The summed E-state index contributed by atoms with van der Waals surface area (Å²) in [4.78, 5) is 47.1. The van der Waals surface area contributed by atoms with Gasteiger partial charge in [0.25, 0.3) is 5.91 Å². The van der Waals surface area contributed by atoms with Crippen LogP contribution in [0.15, 0.2) is 36.4 Å². The van der Waals surface area contributed by atoms with Crippen molar-refractivity contribution in [1.82, 2.24) is 14.7 Å². The summed E-state index contributed by atoms with van der Waals surface area (Å²) in [6, 6.07) is 11.9. The van der Waals surface area contributed by atoms with E-state index in [9.17, 15) is 14.4 Å². The molecule has 0 N–H and O–H groups in total. The maximum Gasteiger partial charge on any atom is 0.254 e. The molecule has 0 radical (unpaired) electrons. The molecule has 2 aromatic rings. The van der Waals surface area contributed by atoms with E-state index in [-0.39, 0.29) is 23.6 Å². The molecule has 3 aliphatic heterocycles. The Morgan fingerprint density at radius 1 is 0.902 bits per heavy atom. The Morgan fingerprint density at radius 2 is 1.59 bits per heavy atom. The van der Waals surface area contributed by atoms with Gasteiger partial charge in [0.2, 0.25) is 11.8 Å². The van der Waals surface area contributed by atoms with Crippen LogP contribution in [0.25, 0.3) is 0 Å². The third-order valence-corrected chi connectivity index (χ3v) is 9.97. The monoisotopic (exact) mass is 578 g/mol. The molecule has 3 fully saturated rings. The molecule has 7 nitrogen and oxygen atoms in total. The molecule has 2 atom stereocenters. The molecule has 3 saturated heterocycles. The maximum absolute atomic E-state index is 13.7. The van der Waals surface area contributed by atoms with Gasteiger partial charge >= 0.3 is 0 Å². The Balaban J connectivity index is 1.17. The Morgan fingerprint density at radius 3 is 2.22 bits per heavy atom. The van der Waals surface area contributed by atoms with Crippen LogP contribution >= 0.6 is 11.6 Å². The lowest BCUT2D eigenvalue weighted by Gasteiger charge is -2.34. The van der Waals surface area contributed by atoms with Crippen LogP contribution in [0.2, 0.25) is 5.02 Å². The fourth-order valence-electron chi connectivity index (χ4n) is 6.82. The molecule has 3 heterocycles. The van der Waals surface area contributed by atoms with Gasteiger partial charge in [-0.1, -0.05) is 29.8 Å². The molecular formula is C33H43ClN4O3. The molecule has 3 aliphatic rings. The Kier molecular flexibility index (Phi) is 9.05. The van der Waals surface area contributed by atoms with E-state index in [1.807, 2.05) is 58.9 Å². The number of carbonyl (C=O) groups excluding carboxylic acids is 3. The number of carbonyl (C=O) groups is 3. The molecule has 0 spiro atoms. The number of likely N-dealkylation sites (tertiary alicyclic amines) is 3. The van der Waals surface area contributed by atoms with Gasteiger partial charge in [-0.05, 0) is 93.3 Å². The summed E-state index contributed by atoms with van der Waals surface area (Å²) in [6.45, 7) is 14.1. The van der Waals surface area contributed by atoms with Gasteiger partial charge < -0.3 is 19.6 Å². The van der Waals surface area contributed by atoms with Gasteiger partial charge in [-0.15, -0.1) is 0 Å². The molecule has 3 amide bonds. The highest BCUT2D eigenvalue weighted by Gasteiger charge is 2.41. The highest BCUT2D eigenvalue weighted by atomic mass is 35.5. The summed E-state index contributed by atoms with van der Waals surface area (Å²) in [5, 5.41) is 0.666. The van der Waals surface area contributed by atoms with Crippen molar-refractivity contribution in [2.75, 3.05) is 57.3 Å². The second-order valence-electron chi connectivity index (χ2n) is 12.3. The number of hydrogen-bond donors (Lipinski definition) is 0. The molecule has 220 valence electrons. The molecular weight excluding hydrogens is 536 g/mol. The van der Waals surface area contributed by atoms with Crippen LogP contribution in [-0.2, 0) is 9.59 Å². The standard InChI is InChI=1S/C33H43ClN4O3/c1-22-7-5-8-30(24(22)3)33(41)37-20-27-18-35(19-28(27)21-37)13-6-14-38(29-10-9-23(2)31(34)17-29)32(40)26-11-15-36(16-12-26)25(4)39/h5,7-10,17,26-28H,6,11-16,18-21H2,1-4H3. The summed E-state index contributed by atoms with van der Waals surface area (Å²) in [7, 11) is 0. The average Bonchev–Trinajstić information content (AvgIpc) is 3.53. The van der Waals surface area contributed by atoms with Crippen LogP contribution in [0.1, 0.15) is 53.2 Å². The number of anilines is 1. The minimum absolute atomic E-state index is 0.0752. The lowest BCUT2D eigenvalue weighted by Crippen LogP contribution is -2.44. The zero-order chi connectivity index (χ0) is 29.3. The van der Waals surface area contributed by atoms with Crippen LogP contribution in [-0.4, -0.2) is 84.8 Å². The second kappa shape index (κ2) is 12.5. The van der Waals surface area contributed by atoms with Gasteiger partial charge in [0.05, 0.1) is 0 Å². The normalized spacial score (nSPS) is 21.3. The van der Waals surface area contributed by atoms with Crippen molar-refractivity contribution in [2.24, 2.45) is 17.8 Å². The number of fused-ring (bicyclic) bond motifs is 1. The predicted octanol–water partition coefficient (Wildman–Crippen LogP) is 4.95. The summed E-state index contributed by atoms with van der Waals surface area (Å²) in [6.07, 6.45) is 2.26. The van der Waals surface area contributed by atoms with Crippen molar-refractivity contribution in [3.8, 4) is 0 Å². The summed E-state index contributed by atoms with van der Waals surface area (Å²) in [5.74, 6) is 1.29. The number of rotatable bonds is 7.